The summed E-state index contributed by atoms with van der Waals surface area (Å²) in [6, 6.07) is 5.62. The minimum absolute atomic E-state index is 0.0589. The zero-order valence-electron chi connectivity index (χ0n) is 8.37. The van der Waals surface area contributed by atoms with Crippen molar-refractivity contribution in [3.05, 3.63) is 24.4 Å². The van der Waals surface area contributed by atoms with Crippen LogP contribution in [0.4, 0.5) is 5.69 Å². The Morgan fingerprint density at radius 2 is 2.40 bits per heavy atom. The lowest BCUT2D eigenvalue weighted by atomic mass is 10.2. The van der Waals surface area contributed by atoms with Gasteiger partial charge in [0.1, 0.15) is 0 Å². The van der Waals surface area contributed by atoms with E-state index in [1.165, 1.54) is 0 Å². The normalized spacial score (nSPS) is 10.5. The van der Waals surface area contributed by atoms with Gasteiger partial charge in [-0.3, -0.25) is 9.89 Å². The number of carbonyl (C=O) groups is 1. The first-order chi connectivity index (χ1) is 7.29. The Morgan fingerprint density at radius 1 is 1.53 bits per heavy atom. The molecule has 0 fully saturated rings. The Morgan fingerprint density at radius 3 is 3.20 bits per heavy atom. The van der Waals surface area contributed by atoms with E-state index in [0.717, 1.165) is 16.6 Å². The predicted molar refractivity (Wildman–Crippen MR) is 58.7 cm³/mol. The lowest BCUT2D eigenvalue weighted by Gasteiger charge is -2.04. The summed E-state index contributed by atoms with van der Waals surface area (Å²) in [6.45, 7) is 0.307. The highest BCUT2D eigenvalue weighted by atomic mass is 16.1. The maximum Gasteiger partial charge on any atom is 0.238 e. The van der Waals surface area contributed by atoms with Gasteiger partial charge < -0.3 is 10.6 Å². The monoisotopic (exact) mass is 204 g/mol. The third-order valence-corrected chi connectivity index (χ3v) is 2.06. The number of aromatic nitrogens is 2. The lowest BCUT2D eigenvalue weighted by Crippen LogP contribution is -2.24. The second-order valence-corrected chi connectivity index (χ2v) is 3.25. The van der Waals surface area contributed by atoms with Gasteiger partial charge >= 0.3 is 0 Å². The van der Waals surface area contributed by atoms with Gasteiger partial charge in [-0.15, -0.1) is 0 Å². The molecule has 0 aliphatic carbocycles. The molecular formula is C10H12N4O. The highest BCUT2D eigenvalue weighted by molar-refractivity contribution is 5.94. The molecule has 78 valence electrons. The number of anilines is 1. The molecule has 2 aromatic rings. The number of hydrogen-bond donors (Lipinski definition) is 3. The Balaban J connectivity index is 2.17. The first kappa shape index (κ1) is 9.67. The van der Waals surface area contributed by atoms with Gasteiger partial charge in [-0.25, -0.2) is 0 Å². The molecular weight excluding hydrogens is 192 g/mol. The number of rotatable bonds is 3. The number of benzene rings is 1. The number of nitrogens with zero attached hydrogens (tertiary/aromatic N) is 1. The number of fused-ring (bicyclic) bond motifs is 1. The van der Waals surface area contributed by atoms with Crippen LogP contribution in [0.5, 0.6) is 0 Å². The van der Waals surface area contributed by atoms with E-state index in [-0.39, 0.29) is 5.91 Å². The van der Waals surface area contributed by atoms with Gasteiger partial charge in [0.15, 0.2) is 0 Å². The van der Waals surface area contributed by atoms with E-state index in [9.17, 15) is 4.79 Å². The second kappa shape index (κ2) is 4.10. The van der Waals surface area contributed by atoms with Crippen LogP contribution in [0.3, 0.4) is 0 Å². The zero-order valence-corrected chi connectivity index (χ0v) is 8.37. The average molecular weight is 204 g/mol. The Labute approximate surface area is 86.9 Å². The maximum absolute atomic E-state index is 11.3. The minimum Gasteiger partial charge on any atom is -0.325 e. The van der Waals surface area contributed by atoms with Crippen molar-refractivity contribution in [3.8, 4) is 0 Å². The van der Waals surface area contributed by atoms with Crippen LogP contribution in [0.25, 0.3) is 10.9 Å². The molecule has 0 spiro atoms. The number of likely N-dealkylation sites (N-methyl/N-ethyl adjacent to an activating group) is 1. The molecule has 0 radical (unpaired) electrons. The van der Waals surface area contributed by atoms with Crippen LogP contribution in [0, 0.1) is 0 Å². The van der Waals surface area contributed by atoms with E-state index in [0.29, 0.717) is 6.54 Å². The maximum atomic E-state index is 11.3. The summed E-state index contributed by atoms with van der Waals surface area (Å²) in [4.78, 5) is 11.3. The van der Waals surface area contributed by atoms with Gasteiger partial charge in [0.25, 0.3) is 0 Å². The highest BCUT2D eigenvalue weighted by Crippen LogP contribution is 2.16. The Kier molecular flexibility index (Phi) is 2.64. The summed E-state index contributed by atoms with van der Waals surface area (Å²) in [5, 5.41) is 13.3. The number of amides is 1. The van der Waals surface area contributed by atoms with E-state index in [4.69, 9.17) is 0 Å². The fourth-order valence-corrected chi connectivity index (χ4v) is 1.38. The SMILES string of the molecule is CNCC(=O)Nc1ccc2cn[nH]c2c1. The molecule has 1 aromatic carbocycles. The van der Waals surface area contributed by atoms with Crippen LogP contribution >= 0.6 is 0 Å². The third-order valence-electron chi connectivity index (χ3n) is 2.06. The van der Waals surface area contributed by atoms with Crippen molar-refractivity contribution < 1.29 is 4.79 Å². The molecule has 0 saturated heterocycles. The smallest absolute Gasteiger partial charge is 0.238 e. The van der Waals surface area contributed by atoms with Crippen molar-refractivity contribution in [3.63, 3.8) is 0 Å². The Hall–Kier alpha value is -1.88. The van der Waals surface area contributed by atoms with Crippen molar-refractivity contribution in [1.29, 1.82) is 0 Å². The van der Waals surface area contributed by atoms with Crippen molar-refractivity contribution >= 4 is 22.5 Å². The second-order valence-electron chi connectivity index (χ2n) is 3.25. The molecule has 5 heteroatoms. The lowest BCUT2D eigenvalue weighted by molar-refractivity contribution is -0.115. The van der Waals surface area contributed by atoms with E-state index in [2.05, 4.69) is 20.8 Å². The highest BCUT2D eigenvalue weighted by Gasteiger charge is 2.01. The zero-order chi connectivity index (χ0) is 10.7. The quantitative estimate of drug-likeness (QED) is 0.690. The van der Waals surface area contributed by atoms with Crippen LogP contribution in [-0.4, -0.2) is 29.7 Å². The molecule has 0 bridgehead atoms. The topological polar surface area (TPSA) is 69.8 Å². The average Bonchev–Trinajstić information content (AvgIpc) is 2.65. The third kappa shape index (κ3) is 2.13. The fourth-order valence-electron chi connectivity index (χ4n) is 1.38. The summed E-state index contributed by atoms with van der Waals surface area (Å²) in [7, 11) is 1.73. The molecule has 2 rings (SSSR count). The van der Waals surface area contributed by atoms with Gasteiger partial charge in [-0.05, 0) is 25.2 Å². The first-order valence-corrected chi connectivity index (χ1v) is 4.67. The van der Waals surface area contributed by atoms with Crippen molar-refractivity contribution in [1.82, 2.24) is 15.5 Å². The van der Waals surface area contributed by atoms with Gasteiger partial charge in [-0.1, -0.05) is 0 Å². The number of carbonyl (C=O) groups excluding carboxylic acids is 1. The summed E-state index contributed by atoms with van der Waals surface area (Å²) >= 11 is 0. The number of H-pyrrole nitrogens is 1. The molecule has 0 atom stereocenters. The van der Waals surface area contributed by atoms with Gasteiger partial charge in [-0.2, -0.15) is 5.10 Å². The number of nitrogens with one attached hydrogen (secondary N) is 3. The molecule has 0 unspecified atom stereocenters. The van der Waals surface area contributed by atoms with Crippen LogP contribution in [0.2, 0.25) is 0 Å². The number of hydrogen-bond acceptors (Lipinski definition) is 3. The molecule has 1 aromatic heterocycles. The molecule has 1 amide bonds. The van der Waals surface area contributed by atoms with Gasteiger partial charge in [0.2, 0.25) is 5.91 Å². The van der Waals surface area contributed by atoms with E-state index < -0.39 is 0 Å². The van der Waals surface area contributed by atoms with Crippen molar-refractivity contribution in [2.75, 3.05) is 18.9 Å². The van der Waals surface area contributed by atoms with Gasteiger partial charge in [0.05, 0.1) is 18.3 Å². The van der Waals surface area contributed by atoms with Crippen molar-refractivity contribution in [2.45, 2.75) is 0 Å². The summed E-state index contributed by atoms with van der Waals surface area (Å²) in [6.07, 6.45) is 1.74. The molecule has 0 aliphatic heterocycles. The standard InChI is InChI=1S/C10H12N4O/c1-11-6-10(15)13-8-3-2-7-5-12-14-9(7)4-8/h2-5,11H,6H2,1H3,(H,12,14)(H,13,15). The van der Waals surface area contributed by atoms with Gasteiger partial charge in [0, 0.05) is 11.1 Å². The van der Waals surface area contributed by atoms with E-state index in [1.54, 1.807) is 13.2 Å². The van der Waals surface area contributed by atoms with Crippen LogP contribution in [-0.2, 0) is 4.79 Å². The van der Waals surface area contributed by atoms with E-state index >= 15 is 0 Å². The molecule has 0 aliphatic rings. The fraction of sp³-hybridized carbons (Fsp3) is 0.200. The molecule has 1 heterocycles. The van der Waals surface area contributed by atoms with Crippen LogP contribution in [0.1, 0.15) is 0 Å². The molecule has 3 N–H and O–H groups in total. The van der Waals surface area contributed by atoms with E-state index in [1.807, 2.05) is 18.2 Å². The minimum atomic E-state index is -0.0589. The first-order valence-electron chi connectivity index (χ1n) is 4.67. The van der Waals surface area contributed by atoms with Crippen molar-refractivity contribution in [2.24, 2.45) is 0 Å². The molecule has 5 nitrogen and oxygen atoms in total. The van der Waals surface area contributed by atoms with Crippen LogP contribution < -0.4 is 10.6 Å². The summed E-state index contributed by atoms with van der Waals surface area (Å²) < 4.78 is 0. The predicted octanol–water partition coefficient (Wildman–Crippen LogP) is 0.721. The summed E-state index contributed by atoms with van der Waals surface area (Å²) in [5.41, 5.74) is 1.68. The molecule has 15 heavy (non-hydrogen) atoms. The number of aromatic amines is 1. The van der Waals surface area contributed by atoms with Crippen LogP contribution in [0.15, 0.2) is 24.4 Å². The Bertz CT molecular complexity index is 477. The summed E-state index contributed by atoms with van der Waals surface area (Å²) in [5.74, 6) is -0.0589. The largest absolute Gasteiger partial charge is 0.325 e. The molecule has 0 saturated carbocycles.